The molecule has 0 N–H and O–H groups in total. The van der Waals surface area contributed by atoms with Gasteiger partial charge in [-0.2, -0.15) is 0 Å². The molecule has 23 heavy (non-hydrogen) atoms. The van der Waals surface area contributed by atoms with E-state index < -0.39 is 5.97 Å². The molecule has 0 aromatic rings. The molecule has 0 aromatic heterocycles. The van der Waals surface area contributed by atoms with Crippen molar-refractivity contribution >= 4 is 5.78 Å². The molecule has 1 unspecified atom stereocenters. The highest BCUT2D eigenvalue weighted by atomic mass is 16.9. The fraction of sp³-hybridized carbons (Fsp3) is 0.947. The van der Waals surface area contributed by atoms with Crippen LogP contribution in [0.1, 0.15) is 85.0 Å². The van der Waals surface area contributed by atoms with Crippen LogP contribution in [-0.2, 0) is 19.0 Å². The van der Waals surface area contributed by atoms with Gasteiger partial charge in [-0.3, -0.25) is 4.79 Å². The van der Waals surface area contributed by atoms with E-state index in [1.165, 1.54) is 38.5 Å². The van der Waals surface area contributed by atoms with Crippen molar-refractivity contribution in [3.8, 4) is 0 Å². The van der Waals surface area contributed by atoms with Gasteiger partial charge in [-0.05, 0) is 18.8 Å². The van der Waals surface area contributed by atoms with Crippen LogP contribution in [0, 0.1) is 5.92 Å². The lowest BCUT2D eigenvalue weighted by molar-refractivity contribution is -0.392. The zero-order valence-corrected chi connectivity index (χ0v) is 15.4. The van der Waals surface area contributed by atoms with Crippen molar-refractivity contribution < 1.29 is 19.0 Å². The molecule has 4 heteroatoms. The molecule has 1 aliphatic heterocycles. The number of carbonyl (C=O) groups is 1. The van der Waals surface area contributed by atoms with Crippen molar-refractivity contribution in [2.45, 2.75) is 91.0 Å². The summed E-state index contributed by atoms with van der Waals surface area (Å²) in [4.78, 5) is 11.4. The van der Waals surface area contributed by atoms with E-state index in [1.54, 1.807) is 0 Å². The Hall–Kier alpha value is -0.450. The molecule has 0 aliphatic carbocycles. The van der Waals surface area contributed by atoms with Crippen LogP contribution in [0.5, 0.6) is 0 Å². The lowest BCUT2D eigenvalue weighted by Gasteiger charge is -2.37. The Balaban J connectivity index is 2.45. The number of ether oxygens (including phenoxy) is 3. The number of ketones is 1. The fourth-order valence-corrected chi connectivity index (χ4v) is 2.85. The minimum atomic E-state index is -0.986. The Labute approximate surface area is 142 Å². The van der Waals surface area contributed by atoms with Gasteiger partial charge in [-0.25, -0.2) is 0 Å². The second-order valence-electron chi connectivity index (χ2n) is 6.69. The van der Waals surface area contributed by atoms with E-state index in [2.05, 4.69) is 20.8 Å². The largest absolute Gasteiger partial charge is 0.327 e. The summed E-state index contributed by atoms with van der Waals surface area (Å²) < 4.78 is 17.5. The molecule has 4 nitrogen and oxygen atoms in total. The van der Waals surface area contributed by atoms with Crippen molar-refractivity contribution in [3.05, 3.63) is 0 Å². The van der Waals surface area contributed by atoms with Gasteiger partial charge in [0.15, 0.2) is 5.78 Å². The van der Waals surface area contributed by atoms with Crippen molar-refractivity contribution in [1.29, 1.82) is 0 Å². The van der Waals surface area contributed by atoms with Gasteiger partial charge in [0.05, 0.1) is 6.61 Å². The third-order valence-electron chi connectivity index (χ3n) is 4.57. The normalized spacial score (nSPS) is 19.0. The molecule has 0 amide bonds. The van der Waals surface area contributed by atoms with Crippen LogP contribution in [0.3, 0.4) is 0 Å². The minimum absolute atomic E-state index is 0.00627. The molecular formula is C19H36O4. The van der Waals surface area contributed by atoms with Gasteiger partial charge in [-0.1, -0.05) is 65.7 Å². The summed E-state index contributed by atoms with van der Waals surface area (Å²) in [6.45, 7) is 7.50. The van der Waals surface area contributed by atoms with Crippen molar-refractivity contribution in [3.63, 3.8) is 0 Å². The lowest BCUT2D eigenvalue weighted by Crippen LogP contribution is -2.47. The van der Waals surface area contributed by atoms with E-state index in [-0.39, 0.29) is 19.0 Å². The summed E-state index contributed by atoms with van der Waals surface area (Å²) in [7, 11) is 0. The summed E-state index contributed by atoms with van der Waals surface area (Å²) in [5.41, 5.74) is 0. The van der Waals surface area contributed by atoms with E-state index >= 15 is 0 Å². The minimum Gasteiger partial charge on any atom is -0.327 e. The summed E-state index contributed by atoms with van der Waals surface area (Å²) >= 11 is 0. The van der Waals surface area contributed by atoms with E-state index in [9.17, 15) is 4.79 Å². The van der Waals surface area contributed by atoms with E-state index in [0.29, 0.717) is 18.9 Å². The van der Waals surface area contributed by atoms with Crippen LogP contribution >= 0.6 is 0 Å². The fourth-order valence-electron chi connectivity index (χ4n) is 2.85. The molecule has 0 bridgehead atoms. The predicted octanol–water partition coefficient (Wildman–Crippen LogP) is 4.85. The molecule has 1 rings (SSSR count). The van der Waals surface area contributed by atoms with Crippen molar-refractivity contribution in [2.75, 3.05) is 19.8 Å². The van der Waals surface area contributed by atoms with Gasteiger partial charge >= 0.3 is 0 Å². The molecule has 0 saturated carbocycles. The van der Waals surface area contributed by atoms with Crippen LogP contribution < -0.4 is 0 Å². The maximum absolute atomic E-state index is 11.4. The molecule has 136 valence electrons. The quantitative estimate of drug-likeness (QED) is 0.453. The smallest absolute Gasteiger partial charge is 0.283 e. The maximum atomic E-state index is 11.4. The van der Waals surface area contributed by atoms with Gasteiger partial charge in [-0.15, -0.1) is 0 Å². The first-order valence-corrected chi connectivity index (χ1v) is 9.59. The van der Waals surface area contributed by atoms with Gasteiger partial charge < -0.3 is 14.2 Å². The highest BCUT2D eigenvalue weighted by Gasteiger charge is 2.38. The summed E-state index contributed by atoms with van der Waals surface area (Å²) in [5, 5.41) is 0. The van der Waals surface area contributed by atoms with E-state index in [0.717, 1.165) is 19.3 Å². The Bertz CT molecular complexity index is 306. The molecular weight excluding hydrogens is 292 g/mol. The van der Waals surface area contributed by atoms with Crippen molar-refractivity contribution in [2.24, 2.45) is 5.92 Å². The molecule has 1 saturated heterocycles. The Kier molecular flexibility index (Phi) is 10.7. The second-order valence-corrected chi connectivity index (χ2v) is 6.69. The number of hydrogen-bond acceptors (Lipinski definition) is 4. The third-order valence-corrected chi connectivity index (χ3v) is 4.57. The SMILES string of the molecule is CCCCCCCC1(OCC(CC)CCCC)OCC(=O)CO1. The van der Waals surface area contributed by atoms with Crippen LogP contribution in [0.4, 0.5) is 0 Å². The molecule has 1 aliphatic rings. The summed E-state index contributed by atoms with van der Waals surface area (Å²) in [5.74, 6) is -0.454. The highest BCUT2D eigenvalue weighted by Crippen LogP contribution is 2.28. The van der Waals surface area contributed by atoms with Gasteiger partial charge in [0.25, 0.3) is 5.97 Å². The Morgan fingerprint density at radius 1 is 1.00 bits per heavy atom. The monoisotopic (exact) mass is 328 g/mol. The van der Waals surface area contributed by atoms with Gasteiger partial charge in [0, 0.05) is 6.42 Å². The third kappa shape index (κ3) is 8.27. The number of unbranched alkanes of at least 4 members (excludes halogenated alkanes) is 5. The first-order valence-electron chi connectivity index (χ1n) is 9.59. The van der Waals surface area contributed by atoms with Gasteiger partial charge in [0.2, 0.25) is 0 Å². The average Bonchev–Trinajstić information content (AvgIpc) is 2.57. The van der Waals surface area contributed by atoms with E-state index in [4.69, 9.17) is 14.2 Å². The molecule has 1 heterocycles. The number of rotatable bonds is 13. The second kappa shape index (κ2) is 12.0. The van der Waals surface area contributed by atoms with Crippen LogP contribution in [-0.4, -0.2) is 31.6 Å². The molecule has 1 atom stereocenters. The standard InChI is InChI=1S/C19H36O4/c1-4-7-9-10-11-13-19(22-15-18(20)16-23-19)21-14-17(6-3)12-8-5-2/h17H,4-16H2,1-3H3. The molecule has 0 radical (unpaired) electrons. The van der Waals surface area contributed by atoms with Crippen LogP contribution in [0.25, 0.3) is 0 Å². The lowest BCUT2D eigenvalue weighted by atomic mass is 10.0. The highest BCUT2D eigenvalue weighted by molar-refractivity contribution is 5.81. The first kappa shape index (κ1) is 20.6. The van der Waals surface area contributed by atoms with Crippen LogP contribution in [0.15, 0.2) is 0 Å². The Morgan fingerprint density at radius 2 is 1.65 bits per heavy atom. The topological polar surface area (TPSA) is 44.8 Å². The summed E-state index contributed by atoms with van der Waals surface area (Å²) in [6, 6.07) is 0. The average molecular weight is 328 g/mol. The molecule has 0 spiro atoms. The number of carbonyl (C=O) groups excluding carboxylic acids is 1. The number of Topliss-reactive ketones (excluding diaryl/α,β-unsaturated/α-hetero) is 1. The zero-order valence-electron chi connectivity index (χ0n) is 15.4. The number of hydrogen-bond donors (Lipinski definition) is 0. The maximum Gasteiger partial charge on any atom is 0.283 e. The zero-order chi connectivity index (χ0) is 17.0. The predicted molar refractivity (Wildman–Crippen MR) is 92.3 cm³/mol. The summed E-state index contributed by atoms with van der Waals surface area (Å²) in [6.07, 6.45) is 11.3. The van der Waals surface area contributed by atoms with Crippen molar-refractivity contribution in [1.82, 2.24) is 0 Å². The van der Waals surface area contributed by atoms with Gasteiger partial charge in [0.1, 0.15) is 13.2 Å². The first-order chi connectivity index (χ1) is 11.2. The molecule has 0 aromatic carbocycles. The van der Waals surface area contributed by atoms with Crippen LogP contribution in [0.2, 0.25) is 0 Å². The Morgan fingerprint density at radius 3 is 2.26 bits per heavy atom. The molecule has 1 fully saturated rings. The van der Waals surface area contributed by atoms with E-state index in [1.807, 2.05) is 0 Å².